The predicted molar refractivity (Wildman–Crippen MR) is 145 cm³/mol. The van der Waals surface area contributed by atoms with Crippen LogP contribution in [0.3, 0.4) is 0 Å². The van der Waals surface area contributed by atoms with Crippen molar-refractivity contribution in [3.8, 4) is 22.0 Å². The number of amides is 1. The molecule has 4 heterocycles. The van der Waals surface area contributed by atoms with E-state index in [0.29, 0.717) is 30.3 Å². The Bertz CT molecular complexity index is 1650. The fraction of sp³-hybridized carbons (Fsp3) is 0.296. The summed E-state index contributed by atoms with van der Waals surface area (Å²) in [6, 6.07) is 4.53. The number of thiazole rings is 1. The number of carbonyl (C=O) groups excluding carboxylic acids is 1. The average molecular weight is 553 g/mol. The number of anilines is 1. The molecule has 1 saturated heterocycles. The van der Waals surface area contributed by atoms with Gasteiger partial charge in [0, 0.05) is 25.7 Å². The zero-order chi connectivity index (χ0) is 28.0. The second kappa shape index (κ2) is 10.2. The molecule has 3 aromatic heterocycles. The van der Waals surface area contributed by atoms with Crippen LogP contribution in [0.1, 0.15) is 32.4 Å². The van der Waals surface area contributed by atoms with Crippen LogP contribution in [0.15, 0.2) is 47.2 Å². The Kier molecular flexibility index (Phi) is 6.89. The lowest BCUT2D eigenvalue weighted by Gasteiger charge is -2.40. The van der Waals surface area contributed by atoms with E-state index in [1.165, 1.54) is 34.1 Å². The van der Waals surface area contributed by atoms with Crippen LogP contribution in [-0.4, -0.2) is 61.1 Å². The van der Waals surface area contributed by atoms with Gasteiger partial charge in [0.25, 0.3) is 0 Å². The average Bonchev–Trinajstić information content (AvgIpc) is 3.38. The molecule has 0 unspecified atom stereocenters. The number of pyridine rings is 1. The van der Waals surface area contributed by atoms with Crippen LogP contribution < -0.4 is 10.6 Å². The number of benzene rings is 1. The molecule has 9 nitrogen and oxygen atoms in total. The van der Waals surface area contributed by atoms with Gasteiger partial charge in [-0.05, 0) is 37.1 Å². The van der Waals surface area contributed by atoms with Gasteiger partial charge in [0.15, 0.2) is 11.5 Å². The van der Waals surface area contributed by atoms with E-state index >= 15 is 4.39 Å². The van der Waals surface area contributed by atoms with Gasteiger partial charge in [-0.3, -0.25) is 4.79 Å². The third-order valence-electron chi connectivity index (χ3n) is 6.74. The molecule has 0 saturated carbocycles. The minimum Gasteiger partial charge on any atom is -0.507 e. The molecule has 1 fully saturated rings. The highest BCUT2D eigenvalue weighted by molar-refractivity contribution is 7.12. The van der Waals surface area contributed by atoms with Crippen molar-refractivity contribution in [2.24, 2.45) is 0 Å². The first-order chi connectivity index (χ1) is 18.6. The highest BCUT2D eigenvalue weighted by Gasteiger charge is 2.31. The van der Waals surface area contributed by atoms with Crippen LogP contribution >= 0.6 is 11.3 Å². The maximum absolute atomic E-state index is 15.7. The number of fused-ring (bicyclic) bond motifs is 1. The molecular formula is C27H26F2N6O3S. The van der Waals surface area contributed by atoms with Crippen LogP contribution in [0.25, 0.3) is 27.3 Å². The summed E-state index contributed by atoms with van der Waals surface area (Å²) in [7, 11) is 0. The summed E-state index contributed by atoms with van der Waals surface area (Å²) in [5, 5.41) is 11.1. The first kappa shape index (κ1) is 26.4. The molecule has 1 amide bonds. The Labute approximate surface area is 226 Å². The first-order valence-corrected chi connectivity index (χ1v) is 13.2. The third kappa shape index (κ3) is 4.54. The number of phenols is 1. The number of halogens is 2. The van der Waals surface area contributed by atoms with Crippen molar-refractivity contribution in [1.29, 1.82) is 0 Å². The topological polar surface area (TPSA) is 104 Å². The van der Waals surface area contributed by atoms with Gasteiger partial charge >= 0.3 is 5.69 Å². The van der Waals surface area contributed by atoms with Gasteiger partial charge in [-0.2, -0.15) is 4.98 Å². The second-order valence-electron chi connectivity index (χ2n) is 9.61. The molecule has 202 valence electrons. The molecule has 39 heavy (non-hydrogen) atoms. The van der Waals surface area contributed by atoms with Gasteiger partial charge in [0.1, 0.15) is 28.1 Å². The predicted octanol–water partition coefficient (Wildman–Crippen LogP) is 4.23. The van der Waals surface area contributed by atoms with Gasteiger partial charge in [-0.15, -0.1) is 11.3 Å². The van der Waals surface area contributed by atoms with E-state index in [4.69, 9.17) is 0 Å². The van der Waals surface area contributed by atoms with E-state index in [1.54, 1.807) is 10.4 Å². The Morgan fingerprint density at radius 1 is 1.23 bits per heavy atom. The molecular weight excluding hydrogens is 526 g/mol. The second-order valence-corrected chi connectivity index (χ2v) is 10.4. The minimum absolute atomic E-state index is 0.0427. The molecule has 0 aliphatic carbocycles. The van der Waals surface area contributed by atoms with E-state index in [0.717, 1.165) is 12.1 Å². The van der Waals surface area contributed by atoms with Gasteiger partial charge in [-0.25, -0.2) is 28.1 Å². The summed E-state index contributed by atoms with van der Waals surface area (Å²) in [6.07, 6.45) is 1.25. The summed E-state index contributed by atoms with van der Waals surface area (Å²) in [4.78, 5) is 42.5. The Balaban J connectivity index is 1.78. The Hall–Kier alpha value is -4.19. The molecule has 1 aliphatic heterocycles. The summed E-state index contributed by atoms with van der Waals surface area (Å²) in [5.41, 5.74) is 0.766. The summed E-state index contributed by atoms with van der Waals surface area (Å²) < 4.78 is 31.7. The van der Waals surface area contributed by atoms with Crippen LogP contribution in [0.2, 0.25) is 0 Å². The zero-order valence-electron chi connectivity index (χ0n) is 21.6. The number of aromatic nitrogens is 4. The summed E-state index contributed by atoms with van der Waals surface area (Å²) in [5.74, 6) is -2.28. The number of aromatic hydroxyl groups is 1. The van der Waals surface area contributed by atoms with Crippen molar-refractivity contribution in [2.45, 2.75) is 32.7 Å². The van der Waals surface area contributed by atoms with E-state index in [2.05, 4.69) is 21.5 Å². The molecule has 12 heteroatoms. The monoisotopic (exact) mass is 552 g/mol. The van der Waals surface area contributed by atoms with Crippen LogP contribution in [-0.2, 0) is 4.79 Å². The summed E-state index contributed by atoms with van der Waals surface area (Å²) >= 11 is 1.21. The van der Waals surface area contributed by atoms with E-state index < -0.39 is 34.3 Å². The minimum atomic E-state index is -0.891. The normalized spacial score (nSPS) is 15.8. The Morgan fingerprint density at radius 3 is 2.67 bits per heavy atom. The third-order valence-corrected chi connectivity index (χ3v) is 7.57. The van der Waals surface area contributed by atoms with Crippen molar-refractivity contribution < 1.29 is 18.7 Å². The molecule has 1 atom stereocenters. The quantitative estimate of drug-likeness (QED) is 0.370. The number of hydrogen-bond donors (Lipinski definition) is 1. The number of hydrogen-bond acceptors (Lipinski definition) is 8. The smallest absolute Gasteiger partial charge is 0.356 e. The molecule has 1 aliphatic rings. The number of carbonyl (C=O) groups is 1. The first-order valence-electron chi connectivity index (χ1n) is 12.3. The van der Waals surface area contributed by atoms with Crippen LogP contribution in [0, 0.1) is 11.6 Å². The number of piperazine rings is 1. The van der Waals surface area contributed by atoms with Gasteiger partial charge in [-0.1, -0.05) is 26.5 Å². The SMILES string of the molecule is C=CC(=O)N1CCN(c2nc(=O)n(-c3scnc3C(C)C)c3nc(-c4c(O)cccc4F)c(F)cc23)[C@@H](C)C1. The van der Waals surface area contributed by atoms with Crippen molar-refractivity contribution in [2.75, 3.05) is 24.5 Å². The van der Waals surface area contributed by atoms with Crippen molar-refractivity contribution in [1.82, 2.24) is 24.4 Å². The van der Waals surface area contributed by atoms with E-state index in [9.17, 15) is 19.1 Å². The van der Waals surface area contributed by atoms with Crippen molar-refractivity contribution in [3.05, 3.63) is 70.2 Å². The summed E-state index contributed by atoms with van der Waals surface area (Å²) in [6.45, 7) is 10.3. The molecule has 1 aromatic carbocycles. The maximum Gasteiger partial charge on any atom is 0.356 e. The van der Waals surface area contributed by atoms with Crippen LogP contribution in [0.5, 0.6) is 5.75 Å². The maximum atomic E-state index is 15.7. The molecule has 5 rings (SSSR count). The zero-order valence-corrected chi connectivity index (χ0v) is 22.4. The molecule has 1 N–H and O–H groups in total. The van der Waals surface area contributed by atoms with Gasteiger partial charge in [0.2, 0.25) is 5.91 Å². The number of phenolic OH excluding ortho intramolecular Hbond substituents is 1. The van der Waals surface area contributed by atoms with Crippen LogP contribution in [0.4, 0.5) is 14.6 Å². The fourth-order valence-corrected chi connectivity index (χ4v) is 5.79. The van der Waals surface area contributed by atoms with E-state index in [1.807, 2.05) is 25.7 Å². The molecule has 4 aromatic rings. The molecule has 0 spiro atoms. The lowest BCUT2D eigenvalue weighted by Crippen LogP contribution is -2.54. The standard InChI is InChI=1S/C27H26F2N6O3S/c1-5-20(37)33-9-10-34(15(4)12-33)24-16-11-18(29)23(21-17(28)7-6-8-19(21)36)31-25(16)35(27(38)32-24)26-22(14(2)3)30-13-39-26/h5-8,11,13-15,36H,1,9-10,12H2,2-4H3/t15-/m0/s1. The van der Waals surface area contributed by atoms with Gasteiger partial charge in [0.05, 0.1) is 22.2 Å². The highest BCUT2D eigenvalue weighted by atomic mass is 32.1. The van der Waals surface area contributed by atoms with Gasteiger partial charge < -0.3 is 14.9 Å². The number of nitrogens with zero attached hydrogens (tertiary/aromatic N) is 6. The number of rotatable bonds is 5. The lowest BCUT2D eigenvalue weighted by atomic mass is 10.1. The molecule has 0 radical (unpaired) electrons. The largest absolute Gasteiger partial charge is 0.507 e. The highest BCUT2D eigenvalue weighted by Crippen LogP contribution is 2.37. The van der Waals surface area contributed by atoms with Crippen molar-refractivity contribution in [3.63, 3.8) is 0 Å². The van der Waals surface area contributed by atoms with E-state index in [-0.39, 0.29) is 34.7 Å². The van der Waals surface area contributed by atoms with Crippen molar-refractivity contribution >= 4 is 34.1 Å². The Morgan fingerprint density at radius 2 is 2.00 bits per heavy atom. The lowest BCUT2D eigenvalue weighted by molar-refractivity contribution is -0.126. The fourth-order valence-electron chi connectivity index (χ4n) is 4.84. The molecule has 0 bridgehead atoms.